The highest BCUT2D eigenvalue weighted by Gasteiger charge is 2.18. The maximum absolute atomic E-state index is 13.7. The second kappa shape index (κ2) is 8.86. The number of sulfonamides is 1. The van der Waals surface area contributed by atoms with Gasteiger partial charge in [0, 0.05) is 25.2 Å². The molecule has 2 rings (SSSR count). The molecule has 1 amide bonds. The van der Waals surface area contributed by atoms with Gasteiger partial charge in [-0.2, -0.15) is 0 Å². The van der Waals surface area contributed by atoms with Gasteiger partial charge < -0.3 is 5.32 Å². The normalized spacial score (nSPS) is 11.5. The average Bonchev–Trinajstić information content (AvgIpc) is 2.57. The standard InChI is InChI=1S/C18H20F2N2O3S/c1-26(24,25)22(12-10-14-4-2-3-5-17(14)20)13-11-18(23)21-16-8-6-15(19)7-9-16/h2-9H,10-13H2,1H3,(H,21,23). The van der Waals surface area contributed by atoms with E-state index >= 15 is 0 Å². The molecule has 0 unspecified atom stereocenters. The summed E-state index contributed by atoms with van der Waals surface area (Å²) in [5.74, 6) is -1.20. The molecule has 2 aromatic rings. The van der Waals surface area contributed by atoms with Gasteiger partial charge in [0.1, 0.15) is 11.6 Å². The number of halogens is 2. The Bertz CT molecular complexity index is 855. The number of anilines is 1. The van der Waals surface area contributed by atoms with Crippen LogP contribution in [0.2, 0.25) is 0 Å². The number of benzene rings is 2. The maximum Gasteiger partial charge on any atom is 0.225 e. The fourth-order valence-electron chi connectivity index (χ4n) is 2.37. The van der Waals surface area contributed by atoms with Crippen LogP contribution < -0.4 is 5.32 Å². The molecule has 0 saturated carbocycles. The van der Waals surface area contributed by atoms with E-state index in [1.807, 2.05) is 0 Å². The molecule has 8 heteroatoms. The van der Waals surface area contributed by atoms with Gasteiger partial charge in [-0.05, 0) is 42.3 Å². The summed E-state index contributed by atoms with van der Waals surface area (Å²) in [5.41, 5.74) is 0.838. The number of nitrogens with zero attached hydrogens (tertiary/aromatic N) is 1. The van der Waals surface area contributed by atoms with E-state index in [1.165, 1.54) is 30.3 Å². The summed E-state index contributed by atoms with van der Waals surface area (Å²) < 4.78 is 51.5. The molecule has 0 aliphatic rings. The van der Waals surface area contributed by atoms with Gasteiger partial charge in [0.15, 0.2) is 0 Å². The third kappa shape index (κ3) is 6.20. The van der Waals surface area contributed by atoms with Crippen LogP contribution in [0.15, 0.2) is 48.5 Å². The highest BCUT2D eigenvalue weighted by atomic mass is 32.2. The third-order valence-electron chi connectivity index (χ3n) is 3.77. The smallest absolute Gasteiger partial charge is 0.225 e. The Morgan fingerprint density at radius 2 is 1.69 bits per heavy atom. The molecule has 0 aliphatic heterocycles. The minimum atomic E-state index is -3.54. The first-order valence-electron chi connectivity index (χ1n) is 7.99. The van der Waals surface area contributed by atoms with Crippen LogP contribution in [0.25, 0.3) is 0 Å². The highest BCUT2D eigenvalue weighted by Crippen LogP contribution is 2.11. The number of nitrogens with one attached hydrogen (secondary N) is 1. The zero-order valence-electron chi connectivity index (χ0n) is 14.3. The van der Waals surface area contributed by atoms with Gasteiger partial charge >= 0.3 is 0 Å². The van der Waals surface area contributed by atoms with Crippen LogP contribution in [0.1, 0.15) is 12.0 Å². The largest absolute Gasteiger partial charge is 0.326 e. The van der Waals surface area contributed by atoms with Crippen LogP contribution >= 0.6 is 0 Å². The van der Waals surface area contributed by atoms with E-state index in [0.29, 0.717) is 11.3 Å². The number of rotatable bonds is 8. The van der Waals surface area contributed by atoms with Gasteiger partial charge in [0.05, 0.1) is 6.26 Å². The summed E-state index contributed by atoms with van der Waals surface area (Å²) >= 11 is 0. The Balaban J connectivity index is 1.92. The molecule has 1 N–H and O–H groups in total. The fraction of sp³-hybridized carbons (Fsp3) is 0.278. The van der Waals surface area contributed by atoms with E-state index in [2.05, 4.69) is 5.32 Å². The molecule has 0 aromatic heterocycles. The second-order valence-electron chi connectivity index (χ2n) is 5.81. The van der Waals surface area contributed by atoms with Gasteiger partial charge in [0.2, 0.25) is 15.9 Å². The first-order valence-corrected chi connectivity index (χ1v) is 9.84. The van der Waals surface area contributed by atoms with Crippen LogP contribution in [0.3, 0.4) is 0 Å². The minimum absolute atomic E-state index is 0.0275. The zero-order valence-corrected chi connectivity index (χ0v) is 15.1. The zero-order chi connectivity index (χ0) is 19.2. The van der Waals surface area contributed by atoms with Crippen molar-refractivity contribution in [3.8, 4) is 0 Å². The molecular weight excluding hydrogens is 362 g/mol. The summed E-state index contributed by atoms with van der Waals surface area (Å²) in [6.07, 6.45) is 1.19. The van der Waals surface area contributed by atoms with E-state index in [-0.39, 0.29) is 25.9 Å². The van der Waals surface area contributed by atoms with Crippen molar-refractivity contribution in [1.29, 1.82) is 0 Å². The second-order valence-corrected chi connectivity index (χ2v) is 7.79. The summed E-state index contributed by atoms with van der Waals surface area (Å²) in [6.45, 7) is 0.0455. The predicted molar refractivity (Wildman–Crippen MR) is 96.2 cm³/mol. The minimum Gasteiger partial charge on any atom is -0.326 e. The molecule has 5 nitrogen and oxygen atoms in total. The molecular formula is C18H20F2N2O3S. The van der Waals surface area contributed by atoms with Crippen molar-refractivity contribution in [1.82, 2.24) is 4.31 Å². The number of carbonyl (C=O) groups excluding carboxylic acids is 1. The lowest BCUT2D eigenvalue weighted by atomic mass is 10.1. The number of hydrogen-bond acceptors (Lipinski definition) is 3. The van der Waals surface area contributed by atoms with E-state index in [9.17, 15) is 22.0 Å². The van der Waals surface area contributed by atoms with Crippen LogP contribution in [-0.2, 0) is 21.2 Å². The highest BCUT2D eigenvalue weighted by molar-refractivity contribution is 7.88. The summed E-state index contributed by atoms with van der Waals surface area (Å²) in [6, 6.07) is 11.4. The Hall–Kier alpha value is -2.32. The Labute approximate surface area is 151 Å². The molecule has 0 bridgehead atoms. The average molecular weight is 382 g/mol. The first kappa shape index (κ1) is 20.0. The lowest BCUT2D eigenvalue weighted by molar-refractivity contribution is -0.116. The third-order valence-corrected chi connectivity index (χ3v) is 5.08. The SMILES string of the molecule is CS(=O)(=O)N(CCC(=O)Nc1ccc(F)cc1)CCc1ccccc1F. The molecule has 0 spiro atoms. The van der Waals surface area contributed by atoms with Crippen LogP contribution in [0.4, 0.5) is 14.5 Å². The van der Waals surface area contributed by atoms with Gasteiger partial charge in [-0.3, -0.25) is 4.79 Å². The van der Waals surface area contributed by atoms with Crippen molar-refractivity contribution in [3.05, 3.63) is 65.7 Å². The van der Waals surface area contributed by atoms with Gasteiger partial charge in [0.25, 0.3) is 0 Å². The Kier molecular flexibility index (Phi) is 6.82. The van der Waals surface area contributed by atoms with E-state index in [1.54, 1.807) is 18.2 Å². The van der Waals surface area contributed by atoms with Gasteiger partial charge in [-0.1, -0.05) is 18.2 Å². The molecule has 0 saturated heterocycles. The topological polar surface area (TPSA) is 66.5 Å². The first-order chi connectivity index (χ1) is 12.3. The summed E-state index contributed by atoms with van der Waals surface area (Å²) in [5, 5.41) is 2.57. The van der Waals surface area contributed by atoms with Crippen molar-refractivity contribution in [3.63, 3.8) is 0 Å². The molecule has 2 aromatic carbocycles. The number of amides is 1. The quantitative estimate of drug-likeness (QED) is 0.764. The van der Waals surface area contributed by atoms with Gasteiger partial charge in [-0.25, -0.2) is 21.5 Å². The van der Waals surface area contributed by atoms with Crippen LogP contribution in [0.5, 0.6) is 0 Å². The summed E-state index contributed by atoms with van der Waals surface area (Å²) in [4.78, 5) is 12.0. The fourth-order valence-corrected chi connectivity index (χ4v) is 3.22. The van der Waals surface area contributed by atoms with Gasteiger partial charge in [-0.15, -0.1) is 0 Å². The number of carbonyl (C=O) groups is 1. The molecule has 140 valence electrons. The molecule has 0 aliphatic carbocycles. The maximum atomic E-state index is 13.7. The van der Waals surface area contributed by atoms with E-state index < -0.39 is 27.6 Å². The summed E-state index contributed by atoms with van der Waals surface area (Å²) in [7, 11) is -3.54. The molecule has 0 atom stereocenters. The van der Waals surface area contributed by atoms with Crippen molar-refractivity contribution < 1.29 is 22.0 Å². The van der Waals surface area contributed by atoms with E-state index in [4.69, 9.17) is 0 Å². The molecule has 0 fully saturated rings. The molecule has 26 heavy (non-hydrogen) atoms. The lowest BCUT2D eigenvalue weighted by Crippen LogP contribution is -2.34. The van der Waals surface area contributed by atoms with Crippen LogP contribution in [0, 0.1) is 11.6 Å². The molecule has 0 radical (unpaired) electrons. The Morgan fingerprint density at radius 3 is 2.31 bits per heavy atom. The van der Waals surface area contributed by atoms with Crippen molar-refractivity contribution >= 4 is 21.6 Å². The van der Waals surface area contributed by atoms with Crippen LogP contribution in [-0.4, -0.2) is 38.0 Å². The monoisotopic (exact) mass is 382 g/mol. The molecule has 0 heterocycles. The van der Waals surface area contributed by atoms with E-state index in [0.717, 1.165) is 10.6 Å². The lowest BCUT2D eigenvalue weighted by Gasteiger charge is -2.20. The van der Waals surface area contributed by atoms with Crippen molar-refractivity contribution in [2.24, 2.45) is 0 Å². The van der Waals surface area contributed by atoms with Crippen molar-refractivity contribution in [2.75, 3.05) is 24.7 Å². The Morgan fingerprint density at radius 1 is 1.04 bits per heavy atom. The number of hydrogen-bond donors (Lipinski definition) is 1. The van der Waals surface area contributed by atoms with Crippen molar-refractivity contribution in [2.45, 2.75) is 12.8 Å². The predicted octanol–water partition coefficient (Wildman–Crippen LogP) is 2.80.